The van der Waals surface area contributed by atoms with Crippen LogP contribution in [-0.2, 0) is 47.2 Å². The van der Waals surface area contributed by atoms with Crippen molar-refractivity contribution in [2.45, 2.75) is 51.4 Å². The summed E-state index contributed by atoms with van der Waals surface area (Å²) in [6.45, 7) is 8.12. The molecule has 1 amide bonds. The Hall–Kier alpha value is -4.23. The van der Waals surface area contributed by atoms with Gasteiger partial charge in [0.2, 0.25) is 11.9 Å². The van der Waals surface area contributed by atoms with Crippen LogP contribution < -0.4 is 22.5 Å². The van der Waals surface area contributed by atoms with Crippen molar-refractivity contribution >= 4 is 141 Å². The van der Waals surface area contributed by atoms with Crippen molar-refractivity contribution in [2.24, 2.45) is 14.1 Å². The van der Waals surface area contributed by atoms with Gasteiger partial charge in [0.15, 0.2) is 21.7 Å². The van der Waals surface area contributed by atoms with E-state index >= 15 is 0 Å². The molecule has 6 aromatic heterocycles. The first kappa shape index (κ1) is 50.2. The average molecular weight is 1300 g/mol. The number of carboxylic acids is 1. The van der Waals surface area contributed by atoms with Crippen LogP contribution in [0, 0.1) is 11.6 Å². The normalized spacial score (nSPS) is 13.4. The van der Waals surface area contributed by atoms with Crippen molar-refractivity contribution in [3.8, 4) is 22.8 Å². The molecule has 0 saturated carbocycles. The molecule has 0 spiro atoms. The third-order valence-corrected chi connectivity index (χ3v) is 12.1. The van der Waals surface area contributed by atoms with Gasteiger partial charge in [-0.2, -0.15) is 10.2 Å². The van der Waals surface area contributed by atoms with Crippen molar-refractivity contribution in [1.29, 1.82) is 0 Å². The first-order valence-corrected chi connectivity index (χ1v) is 29.6. The molecular formula is C40H39F2I3N14O3S2V. The topological polar surface area (TPSA) is 257 Å². The Kier molecular flexibility index (Phi) is 15.4. The molecule has 17 nitrogen and oxygen atoms in total. The Morgan fingerprint density at radius 2 is 1.20 bits per heavy atom. The third kappa shape index (κ3) is 10.5. The molecule has 339 valence electrons. The van der Waals surface area contributed by atoms with E-state index in [0.717, 1.165) is 32.6 Å². The number of halogens is 5. The molecule has 0 aliphatic heterocycles. The van der Waals surface area contributed by atoms with Crippen LogP contribution in [-0.4, -0.2) is 66.4 Å². The molecule has 0 radical (unpaired) electrons. The first-order chi connectivity index (χ1) is 30.2. The van der Waals surface area contributed by atoms with E-state index in [-0.39, 0.29) is 69.9 Å². The van der Waals surface area contributed by atoms with Crippen LogP contribution in [0.3, 0.4) is 0 Å². The Morgan fingerprint density at radius 1 is 0.754 bits per heavy atom. The number of rotatable bonds is 3. The number of anilines is 4. The van der Waals surface area contributed by atoms with Gasteiger partial charge in [0, 0.05) is 37.6 Å². The number of nitrogens with zero attached hydrogens (tertiary/aromatic N) is 10. The van der Waals surface area contributed by atoms with Crippen molar-refractivity contribution < 1.29 is 32.9 Å². The zero-order valence-corrected chi connectivity index (χ0v) is 44.9. The quantitative estimate of drug-likeness (QED) is 0.104. The number of aromatic nitrogens is 10. The molecule has 2 aliphatic rings. The predicted molar refractivity (Wildman–Crippen MR) is 273 cm³/mol. The SMILES string of the molecule is Cn1nc(C(=O)Nc2nc3ccc(F)cc3s2)c2c1-c1nc(N)ncc1CC2(C)C.Cn1nc(C(=O)O)c2c1-c1nc(N)ncc1CC2(C)C.I.Nc1nc2ccc(F)cc2s1.[I][V][I]. The number of carbonyl (C=O) groups is 2. The predicted octanol–water partition coefficient (Wildman–Crippen LogP) is 8.69. The average Bonchev–Trinajstić information content (AvgIpc) is 3.98. The van der Waals surface area contributed by atoms with Gasteiger partial charge < -0.3 is 22.3 Å². The number of carboxylic acid groups (broad SMARTS) is 1. The molecule has 0 unspecified atom stereocenters. The summed E-state index contributed by atoms with van der Waals surface area (Å²) in [5.74, 6) is -1.64. The van der Waals surface area contributed by atoms with E-state index in [9.17, 15) is 23.5 Å². The standard InChI is InChI=1S/C20H18FN7OS.C13H15N5O2.C7H5FN2S.3HI.V/c1-20(2)7-9-8-23-18(22)25-14(9)16-13(20)15(27-28(16)3)17(29)26-19-24-11-5-4-10(21)6-12(11)30-19;1-13(2)4-6-5-15-12(14)16-8(6)10-7(13)9(11(19)20)17-18(10)3;8-4-1-2-5-6(3-4)11-7(9)10-5;;;;/h4-6,8H,7H2,1-3H3,(H2,22,23,25)(H,24,26,29);5H,4H2,1-3H3,(H,19,20)(H2,14,15,16);1-3H,(H2,9,10);3*1H;/q;;;;;;+2/p-2. The number of nitrogens with one attached hydrogen (secondary N) is 1. The molecule has 2 aliphatic carbocycles. The van der Waals surface area contributed by atoms with E-state index in [1.165, 1.54) is 46.9 Å². The summed E-state index contributed by atoms with van der Waals surface area (Å²) in [7, 11) is 4.12. The number of carbonyl (C=O) groups excluding carboxylic acids is 1. The summed E-state index contributed by atoms with van der Waals surface area (Å²) in [6, 6.07) is 8.76. The number of aromatic carboxylic acids is 1. The second-order valence-corrected chi connectivity index (χ2v) is 29.7. The Morgan fingerprint density at radius 3 is 1.69 bits per heavy atom. The summed E-state index contributed by atoms with van der Waals surface area (Å²) in [6.07, 6.45) is 4.74. The fraction of sp³-hybridized carbons (Fsp3) is 0.250. The van der Waals surface area contributed by atoms with Crippen molar-refractivity contribution in [2.75, 3.05) is 22.5 Å². The van der Waals surface area contributed by atoms with E-state index in [1.807, 2.05) is 13.8 Å². The van der Waals surface area contributed by atoms with Crippen LogP contribution in [0.15, 0.2) is 48.8 Å². The third-order valence-electron chi connectivity index (χ3n) is 10.3. The molecule has 25 heteroatoms. The number of amides is 1. The Bertz CT molecular complexity index is 3120. The first-order valence-electron chi connectivity index (χ1n) is 18.9. The number of aryl methyl sites for hydroxylation is 2. The van der Waals surface area contributed by atoms with E-state index in [1.54, 1.807) is 48.0 Å². The van der Waals surface area contributed by atoms with Gasteiger partial charge in [0.1, 0.15) is 11.6 Å². The molecule has 0 atom stereocenters. The molecule has 8 N–H and O–H groups in total. The summed E-state index contributed by atoms with van der Waals surface area (Å²) in [5, 5.41) is 21.7. The van der Waals surface area contributed by atoms with Gasteiger partial charge in [0.25, 0.3) is 5.91 Å². The molecule has 0 saturated heterocycles. The van der Waals surface area contributed by atoms with Crippen LogP contribution >= 0.6 is 86.6 Å². The van der Waals surface area contributed by atoms with E-state index in [2.05, 4.69) is 99.2 Å². The van der Waals surface area contributed by atoms with E-state index in [0.29, 0.717) is 71.1 Å². The summed E-state index contributed by atoms with van der Waals surface area (Å²) >= 11 is 7.24. The number of nitrogen functional groups attached to an aromatic ring is 3. The Labute approximate surface area is 424 Å². The van der Waals surface area contributed by atoms with Gasteiger partial charge >= 0.3 is 55.4 Å². The number of thiazole rings is 2. The van der Waals surface area contributed by atoms with E-state index < -0.39 is 5.97 Å². The van der Waals surface area contributed by atoms with Crippen molar-refractivity contribution in [3.63, 3.8) is 0 Å². The van der Waals surface area contributed by atoms with Gasteiger partial charge in [0.05, 0.1) is 43.2 Å². The molecule has 65 heavy (non-hydrogen) atoms. The Balaban J connectivity index is 0.000000171. The van der Waals surface area contributed by atoms with Crippen LogP contribution in [0.4, 0.5) is 30.9 Å². The van der Waals surface area contributed by atoms with Crippen LogP contribution in [0.5, 0.6) is 0 Å². The van der Waals surface area contributed by atoms with Crippen LogP contribution in [0.25, 0.3) is 43.2 Å². The monoisotopic (exact) mass is 1300 g/mol. The maximum atomic E-state index is 13.5. The fourth-order valence-corrected chi connectivity index (χ4v) is 9.49. The summed E-state index contributed by atoms with van der Waals surface area (Å²) < 4.78 is 30.7. The number of hydrogen-bond acceptors (Lipinski definition) is 15. The van der Waals surface area contributed by atoms with E-state index in [4.69, 9.17) is 17.2 Å². The molecule has 2 aromatic carbocycles. The fourth-order valence-electron chi connectivity index (χ4n) is 7.85. The van der Waals surface area contributed by atoms with Gasteiger partial charge in [-0.15, -0.1) is 24.0 Å². The van der Waals surface area contributed by atoms with Crippen molar-refractivity contribution in [3.05, 3.63) is 94.1 Å². The molecule has 10 rings (SSSR count). The minimum absolute atomic E-state index is 0. The number of benzene rings is 2. The molecule has 8 aromatic rings. The molecule has 0 fully saturated rings. The van der Waals surface area contributed by atoms with Gasteiger partial charge in [-0.05, 0) is 71.2 Å². The molecular weight excluding hydrogens is 1260 g/mol. The number of nitrogens with two attached hydrogens (primary N) is 3. The molecule has 0 bridgehead atoms. The summed E-state index contributed by atoms with van der Waals surface area (Å²) in [5.41, 5.74) is 24.2. The zero-order valence-electron chi connectivity index (χ0n) is 35.2. The zero-order chi connectivity index (χ0) is 46.4. The second-order valence-electron chi connectivity index (χ2n) is 15.8. The maximum absolute atomic E-state index is 13.5. The second kappa shape index (κ2) is 19.9. The van der Waals surface area contributed by atoms with Gasteiger partial charge in [-0.25, -0.2) is 43.5 Å². The summed E-state index contributed by atoms with van der Waals surface area (Å²) in [4.78, 5) is 49.7. The van der Waals surface area contributed by atoms with Gasteiger partial charge in [-0.3, -0.25) is 19.5 Å². The van der Waals surface area contributed by atoms with Crippen LogP contribution in [0.2, 0.25) is 0 Å². The number of hydrogen-bond donors (Lipinski definition) is 5. The minimum atomic E-state index is -1.03. The van der Waals surface area contributed by atoms with Gasteiger partial charge in [-0.1, -0.05) is 50.4 Å². The van der Waals surface area contributed by atoms with Crippen LogP contribution in [0.1, 0.15) is 70.9 Å². The molecule has 6 heterocycles. The number of fused-ring (bicyclic) bond motifs is 8. The van der Waals surface area contributed by atoms with Crippen molar-refractivity contribution in [1.82, 2.24) is 49.5 Å².